The van der Waals surface area contributed by atoms with Crippen LogP contribution in [0, 0.1) is 6.92 Å². The molecule has 0 aliphatic rings. The minimum atomic E-state index is 0.662. The lowest BCUT2D eigenvalue weighted by molar-refractivity contribution is 1.02. The van der Waals surface area contributed by atoms with Crippen molar-refractivity contribution < 1.29 is 0 Å². The summed E-state index contributed by atoms with van der Waals surface area (Å²) in [5.74, 6) is 0. The van der Waals surface area contributed by atoms with E-state index in [2.05, 4.69) is 57.9 Å². The van der Waals surface area contributed by atoms with Gasteiger partial charge in [-0.2, -0.15) is 0 Å². The van der Waals surface area contributed by atoms with E-state index in [1.165, 1.54) is 11.1 Å². The number of nitrogens with one attached hydrogen (secondary N) is 1. The fourth-order valence-electron chi connectivity index (χ4n) is 2.91. The molecule has 0 spiro atoms. The van der Waals surface area contributed by atoms with E-state index in [9.17, 15) is 0 Å². The van der Waals surface area contributed by atoms with E-state index in [0.717, 1.165) is 34.2 Å². The fourth-order valence-corrected chi connectivity index (χ4v) is 3.70. The predicted octanol–water partition coefficient (Wildman–Crippen LogP) is 5.11. The van der Waals surface area contributed by atoms with Crippen LogP contribution in [-0.2, 0) is 13.0 Å². The van der Waals surface area contributed by atoms with Crippen LogP contribution >= 0.6 is 11.3 Å². The van der Waals surface area contributed by atoms with E-state index >= 15 is 0 Å². The summed E-state index contributed by atoms with van der Waals surface area (Å²) in [6.07, 6.45) is 4.45. The zero-order valence-corrected chi connectivity index (χ0v) is 15.9. The second-order valence-electron chi connectivity index (χ2n) is 6.31. The standard InChI is InChI=1S/C22H20N4S/c1-16-7-2-3-8-17(16)13-21-19(10-6-12-24-21)25-14-18-15-27-22(26-18)20-9-4-5-11-23-20/h2-12,15,25H,13-14H2,1H3. The largest absolute Gasteiger partial charge is 0.378 e. The van der Waals surface area contributed by atoms with Gasteiger partial charge in [0.1, 0.15) is 5.01 Å². The molecule has 4 rings (SSSR count). The highest BCUT2D eigenvalue weighted by atomic mass is 32.1. The summed E-state index contributed by atoms with van der Waals surface area (Å²) in [6.45, 7) is 2.80. The minimum Gasteiger partial charge on any atom is -0.378 e. The third-order valence-electron chi connectivity index (χ3n) is 4.41. The summed E-state index contributed by atoms with van der Waals surface area (Å²) >= 11 is 1.62. The first-order valence-electron chi connectivity index (χ1n) is 8.87. The average Bonchev–Trinajstić information content (AvgIpc) is 3.19. The number of pyridine rings is 2. The molecule has 4 aromatic rings. The van der Waals surface area contributed by atoms with Gasteiger partial charge in [0.15, 0.2) is 0 Å². The first-order chi connectivity index (χ1) is 13.3. The van der Waals surface area contributed by atoms with E-state index in [1.807, 2.05) is 30.5 Å². The lowest BCUT2D eigenvalue weighted by atomic mass is 10.0. The third kappa shape index (κ3) is 4.20. The Kier molecular flexibility index (Phi) is 5.21. The quantitative estimate of drug-likeness (QED) is 0.511. The van der Waals surface area contributed by atoms with E-state index in [1.54, 1.807) is 17.5 Å². The van der Waals surface area contributed by atoms with Crippen LogP contribution in [0.3, 0.4) is 0 Å². The van der Waals surface area contributed by atoms with Gasteiger partial charge in [-0.3, -0.25) is 9.97 Å². The van der Waals surface area contributed by atoms with Crippen LogP contribution in [0.15, 0.2) is 72.4 Å². The Hall–Kier alpha value is -3.05. The molecule has 0 aliphatic heterocycles. The molecule has 0 radical (unpaired) electrons. The number of aromatic nitrogens is 3. The average molecular weight is 372 g/mol. The predicted molar refractivity (Wildman–Crippen MR) is 111 cm³/mol. The topological polar surface area (TPSA) is 50.7 Å². The van der Waals surface area contributed by atoms with Crippen molar-refractivity contribution in [2.24, 2.45) is 0 Å². The summed E-state index contributed by atoms with van der Waals surface area (Å²) in [6, 6.07) is 18.4. The molecule has 134 valence electrons. The van der Waals surface area contributed by atoms with Crippen LogP contribution < -0.4 is 5.32 Å². The number of hydrogen-bond donors (Lipinski definition) is 1. The molecule has 3 aromatic heterocycles. The molecule has 0 saturated heterocycles. The molecule has 1 aromatic carbocycles. The van der Waals surface area contributed by atoms with Gasteiger partial charge >= 0.3 is 0 Å². The zero-order valence-electron chi connectivity index (χ0n) is 15.1. The van der Waals surface area contributed by atoms with Crippen LogP contribution in [0.2, 0.25) is 0 Å². The normalized spacial score (nSPS) is 10.7. The number of benzene rings is 1. The number of thiazole rings is 1. The van der Waals surface area contributed by atoms with Crippen molar-refractivity contribution in [2.45, 2.75) is 19.9 Å². The highest BCUT2D eigenvalue weighted by Gasteiger charge is 2.09. The lowest BCUT2D eigenvalue weighted by Gasteiger charge is -2.11. The summed E-state index contributed by atoms with van der Waals surface area (Å²) in [4.78, 5) is 13.7. The Morgan fingerprint density at radius 2 is 1.78 bits per heavy atom. The van der Waals surface area contributed by atoms with Crippen molar-refractivity contribution in [3.8, 4) is 10.7 Å². The van der Waals surface area contributed by atoms with E-state index < -0.39 is 0 Å². The molecule has 27 heavy (non-hydrogen) atoms. The second kappa shape index (κ2) is 8.10. The summed E-state index contributed by atoms with van der Waals surface area (Å²) in [5, 5.41) is 6.52. The molecule has 4 nitrogen and oxygen atoms in total. The third-order valence-corrected chi connectivity index (χ3v) is 5.32. The molecular weight excluding hydrogens is 352 g/mol. The van der Waals surface area contributed by atoms with Crippen LogP contribution in [0.1, 0.15) is 22.5 Å². The maximum absolute atomic E-state index is 4.70. The van der Waals surface area contributed by atoms with Gasteiger partial charge in [-0.05, 0) is 42.3 Å². The van der Waals surface area contributed by atoms with Gasteiger partial charge in [0.25, 0.3) is 0 Å². The van der Waals surface area contributed by atoms with Crippen molar-refractivity contribution >= 4 is 17.0 Å². The van der Waals surface area contributed by atoms with Crippen molar-refractivity contribution in [1.29, 1.82) is 0 Å². The lowest BCUT2D eigenvalue weighted by Crippen LogP contribution is -2.05. The molecule has 0 aliphatic carbocycles. The van der Waals surface area contributed by atoms with Crippen molar-refractivity contribution in [2.75, 3.05) is 5.32 Å². The number of anilines is 1. The number of nitrogens with zero attached hydrogens (tertiary/aromatic N) is 3. The molecule has 1 N–H and O–H groups in total. The number of rotatable bonds is 6. The zero-order chi connectivity index (χ0) is 18.5. The highest BCUT2D eigenvalue weighted by molar-refractivity contribution is 7.13. The molecule has 0 unspecified atom stereocenters. The Morgan fingerprint density at radius 1 is 0.926 bits per heavy atom. The Bertz CT molecular complexity index is 1030. The fraction of sp³-hybridized carbons (Fsp3) is 0.136. The molecule has 0 atom stereocenters. The molecule has 3 heterocycles. The Labute approximate surface area is 163 Å². The number of aryl methyl sites for hydroxylation is 1. The molecule has 0 fully saturated rings. The van der Waals surface area contributed by atoms with Crippen molar-refractivity contribution in [1.82, 2.24) is 15.0 Å². The van der Waals surface area contributed by atoms with Gasteiger partial charge < -0.3 is 5.32 Å². The summed E-state index contributed by atoms with van der Waals surface area (Å²) in [7, 11) is 0. The smallest absolute Gasteiger partial charge is 0.142 e. The highest BCUT2D eigenvalue weighted by Crippen LogP contribution is 2.23. The monoisotopic (exact) mass is 372 g/mol. The van der Waals surface area contributed by atoms with Crippen LogP contribution in [0.25, 0.3) is 10.7 Å². The first-order valence-corrected chi connectivity index (χ1v) is 9.75. The molecule has 5 heteroatoms. The Balaban J connectivity index is 1.48. The first kappa shape index (κ1) is 17.4. The van der Waals surface area contributed by atoms with Crippen molar-refractivity contribution in [3.63, 3.8) is 0 Å². The summed E-state index contributed by atoms with van der Waals surface area (Å²) in [5.41, 5.74) is 6.60. The Morgan fingerprint density at radius 3 is 2.63 bits per heavy atom. The van der Waals surface area contributed by atoms with Crippen LogP contribution in [-0.4, -0.2) is 15.0 Å². The van der Waals surface area contributed by atoms with E-state index in [0.29, 0.717) is 6.54 Å². The van der Waals surface area contributed by atoms with Crippen molar-refractivity contribution in [3.05, 3.63) is 94.9 Å². The van der Waals surface area contributed by atoms with E-state index in [4.69, 9.17) is 4.98 Å². The SMILES string of the molecule is Cc1ccccc1Cc1ncccc1NCc1csc(-c2ccccn2)n1. The maximum Gasteiger partial charge on any atom is 0.142 e. The maximum atomic E-state index is 4.70. The second-order valence-corrected chi connectivity index (χ2v) is 7.17. The summed E-state index contributed by atoms with van der Waals surface area (Å²) < 4.78 is 0. The number of hydrogen-bond acceptors (Lipinski definition) is 5. The molecule has 0 bridgehead atoms. The molecule has 0 amide bonds. The minimum absolute atomic E-state index is 0.662. The van der Waals surface area contributed by atoms with Crippen LogP contribution in [0.4, 0.5) is 5.69 Å². The van der Waals surface area contributed by atoms with Crippen LogP contribution in [0.5, 0.6) is 0 Å². The van der Waals surface area contributed by atoms with E-state index in [-0.39, 0.29) is 0 Å². The van der Waals surface area contributed by atoms with Gasteiger partial charge in [0, 0.05) is 24.2 Å². The van der Waals surface area contributed by atoms with Gasteiger partial charge in [-0.1, -0.05) is 30.3 Å². The van der Waals surface area contributed by atoms with Gasteiger partial charge in [-0.25, -0.2) is 4.98 Å². The van der Waals surface area contributed by atoms with Gasteiger partial charge in [0.05, 0.1) is 29.3 Å². The van der Waals surface area contributed by atoms with Gasteiger partial charge in [0.2, 0.25) is 0 Å². The molecular formula is C22H20N4S. The molecule has 0 saturated carbocycles. The van der Waals surface area contributed by atoms with Gasteiger partial charge in [-0.15, -0.1) is 11.3 Å².